The van der Waals surface area contributed by atoms with E-state index in [0.29, 0.717) is 5.62 Å². The largest absolute Gasteiger partial charge is 0.378 e. The summed E-state index contributed by atoms with van der Waals surface area (Å²) in [5.41, 5.74) is 2.38. The van der Waals surface area contributed by atoms with Gasteiger partial charge in [0.05, 0.1) is 18.7 Å². The predicted octanol–water partition coefficient (Wildman–Crippen LogP) is 0.778. The van der Waals surface area contributed by atoms with Crippen LogP contribution >= 0.6 is 0 Å². The first-order chi connectivity index (χ1) is 9.83. The second kappa shape index (κ2) is 4.49. The highest BCUT2D eigenvalue weighted by Crippen LogP contribution is 2.27. The molecule has 0 atom stereocenters. The number of rotatable bonds is 1. The Morgan fingerprint density at radius 2 is 2.05 bits per heavy atom. The summed E-state index contributed by atoms with van der Waals surface area (Å²) in [6, 6.07) is 6.33. The molecule has 1 saturated heterocycles. The zero-order chi connectivity index (χ0) is 13.5. The smallest absolute Gasteiger partial charge is 0.224 e. The summed E-state index contributed by atoms with van der Waals surface area (Å²) in [6.45, 7) is 5.07. The summed E-state index contributed by atoms with van der Waals surface area (Å²) in [7, 11) is 0. The number of aromatic nitrogens is 2. The summed E-state index contributed by atoms with van der Waals surface area (Å²) in [6.07, 6.45) is 0. The molecule has 1 aromatic heterocycles. The summed E-state index contributed by atoms with van der Waals surface area (Å²) >= 11 is 0. The van der Waals surface area contributed by atoms with Crippen LogP contribution in [0.2, 0.25) is 0 Å². The highest BCUT2D eigenvalue weighted by Gasteiger charge is 2.16. The Kier molecular flexibility index (Phi) is 2.63. The molecule has 2 N–H and O–H groups in total. The quantitative estimate of drug-likeness (QED) is 0.804. The molecule has 1 aromatic carbocycles. The van der Waals surface area contributed by atoms with Crippen molar-refractivity contribution >= 4 is 22.4 Å². The Morgan fingerprint density at radius 3 is 2.90 bits per heavy atom. The van der Waals surface area contributed by atoms with E-state index in [1.807, 2.05) is 4.57 Å². The van der Waals surface area contributed by atoms with Crippen molar-refractivity contribution in [3.8, 4) is 0 Å². The molecule has 0 spiro atoms. The molecule has 2 aliphatic rings. The first-order valence-electron chi connectivity index (χ1n) is 6.99. The Hall–Kier alpha value is -2.08. The number of morpholine rings is 1. The molecule has 4 rings (SSSR count). The van der Waals surface area contributed by atoms with Crippen molar-refractivity contribution < 1.29 is 4.74 Å². The fourth-order valence-corrected chi connectivity index (χ4v) is 2.95. The van der Waals surface area contributed by atoms with Crippen LogP contribution in [0.3, 0.4) is 0 Å². The Bertz CT molecular complexity index is 717. The molecule has 2 aromatic rings. The van der Waals surface area contributed by atoms with E-state index in [1.165, 1.54) is 0 Å². The van der Waals surface area contributed by atoms with Gasteiger partial charge < -0.3 is 15.0 Å². The van der Waals surface area contributed by atoms with Crippen molar-refractivity contribution in [2.24, 2.45) is 0 Å². The van der Waals surface area contributed by atoms with Gasteiger partial charge in [-0.2, -0.15) is 0 Å². The van der Waals surface area contributed by atoms with Crippen LogP contribution in [0, 0.1) is 5.41 Å². The second-order valence-corrected chi connectivity index (χ2v) is 5.16. The van der Waals surface area contributed by atoms with Gasteiger partial charge in [0.1, 0.15) is 5.82 Å². The van der Waals surface area contributed by atoms with E-state index in [-0.39, 0.29) is 0 Å². The summed E-state index contributed by atoms with van der Waals surface area (Å²) in [4.78, 5) is 6.74. The van der Waals surface area contributed by atoms with E-state index in [9.17, 15) is 0 Å². The van der Waals surface area contributed by atoms with E-state index in [1.54, 1.807) is 0 Å². The monoisotopic (exact) mass is 271 g/mol. The molecule has 6 nitrogen and oxygen atoms in total. The minimum absolute atomic E-state index is 0.330. The van der Waals surface area contributed by atoms with Gasteiger partial charge in [0, 0.05) is 37.3 Å². The Labute approximate surface area is 116 Å². The molecule has 0 aliphatic carbocycles. The fraction of sp³-hybridized carbons (Fsp3) is 0.429. The van der Waals surface area contributed by atoms with Crippen molar-refractivity contribution in [2.75, 3.05) is 43.1 Å². The molecule has 0 bridgehead atoms. The molecular formula is C14H17N5O. The zero-order valence-electron chi connectivity index (χ0n) is 11.2. The van der Waals surface area contributed by atoms with Crippen molar-refractivity contribution in [3.63, 3.8) is 0 Å². The average Bonchev–Trinajstić information content (AvgIpc) is 2.98. The van der Waals surface area contributed by atoms with Gasteiger partial charge in [0.25, 0.3) is 0 Å². The molecule has 0 amide bonds. The first-order valence-corrected chi connectivity index (χ1v) is 6.99. The maximum Gasteiger partial charge on any atom is 0.224 e. The van der Waals surface area contributed by atoms with Gasteiger partial charge in [0.15, 0.2) is 0 Å². The van der Waals surface area contributed by atoms with Gasteiger partial charge >= 0.3 is 0 Å². The van der Waals surface area contributed by atoms with Gasteiger partial charge in [-0.1, -0.05) is 0 Å². The fourth-order valence-electron chi connectivity index (χ4n) is 2.95. The number of hydrogen-bond acceptors (Lipinski definition) is 5. The molecule has 104 valence electrons. The minimum Gasteiger partial charge on any atom is -0.378 e. The third kappa shape index (κ3) is 1.76. The topological polar surface area (TPSA) is 66.2 Å². The van der Waals surface area contributed by atoms with E-state index in [4.69, 9.17) is 10.1 Å². The number of benzene rings is 1. The number of fused-ring (bicyclic) bond motifs is 3. The lowest BCUT2D eigenvalue weighted by atomic mass is 10.2. The standard InChI is InChI=1S/C14H17N5O/c15-14-17-12-9-10(18-5-7-20-8-6-18)1-2-11(12)13-16-3-4-19(13)14/h1-2,9,15-16H,3-8H2. The molecule has 0 saturated carbocycles. The van der Waals surface area contributed by atoms with E-state index >= 15 is 0 Å². The van der Waals surface area contributed by atoms with Crippen LogP contribution in [0.1, 0.15) is 0 Å². The number of nitrogens with one attached hydrogen (secondary N) is 2. The van der Waals surface area contributed by atoms with Crippen molar-refractivity contribution in [1.29, 1.82) is 5.41 Å². The first kappa shape index (κ1) is 11.7. The minimum atomic E-state index is 0.330. The average molecular weight is 271 g/mol. The van der Waals surface area contributed by atoms with Gasteiger partial charge in [-0.25, -0.2) is 4.98 Å². The van der Waals surface area contributed by atoms with Crippen LogP contribution < -0.4 is 15.8 Å². The van der Waals surface area contributed by atoms with Crippen LogP contribution in [-0.4, -0.2) is 42.4 Å². The molecule has 2 aliphatic heterocycles. The molecule has 3 heterocycles. The maximum atomic E-state index is 8.03. The molecule has 0 unspecified atom stereocenters. The number of ether oxygens (including phenoxy) is 1. The predicted molar refractivity (Wildman–Crippen MR) is 77.1 cm³/mol. The van der Waals surface area contributed by atoms with Crippen molar-refractivity contribution in [2.45, 2.75) is 6.54 Å². The molecule has 6 heteroatoms. The molecule has 20 heavy (non-hydrogen) atoms. The normalized spacial score (nSPS) is 18.1. The maximum absolute atomic E-state index is 8.03. The van der Waals surface area contributed by atoms with Crippen LogP contribution in [-0.2, 0) is 11.3 Å². The zero-order valence-corrected chi connectivity index (χ0v) is 11.2. The molecular weight excluding hydrogens is 254 g/mol. The summed E-state index contributed by atoms with van der Waals surface area (Å²) in [5.74, 6) is 1.02. The van der Waals surface area contributed by atoms with Crippen LogP contribution in [0.25, 0.3) is 10.9 Å². The van der Waals surface area contributed by atoms with E-state index in [2.05, 4.69) is 33.4 Å². The SMILES string of the molecule is N=c1nc2cc(N3CCOCC3)ccc2c2n1CCN2. The Balaban J connectivity index is 1.84. The summed E-state index contributed by atoms with van der Waals surface area (Å²) < 4.78 is 7.31. The van der Waals surface area contributed by atoms with Crippen LogP contribution in [0.4, 0.5) is 11.5 Å². The lowest BCUT2D eigenvalue weighted by Crippen LogP contribution is -2.36. The van der Waals surface area contributed by atoms with Gasteiger partial charge in [0.2, 0.25) is 5.62 Å². The van der Waals surface area contributed by atoms with Crippen molar-refractivity contribution in [1.82, 2.24) is 9.55 Å². The Morgan fingerprint density at radius 1 is 1.20 bits per heavy atom. The van der Waals surface area contributed by atoms with Gasteiger partial charge in [-0.3, -0.25) is 9.98 Å². The highest BCUT2D eigenvalue weighted by atomic mass is 16.5. The lowest BCUT2D eigenvalue weighted by Gasteiger charge is -2.29. The molecule has 0 radical (unpaired) electrons. The molecule has 1 fully saturated rings. The third-order valence-electron chi connectivity index (χ3n) is 3.99. The third-order valence-corrected chi connectivity index (χ3v) is 3.99. The van der Waals surface area contributed by atoms with E-state index in [0.717, 1.165) is 61.8 Å². The van der Waals surface area contributed by atoms with Crippen LogP contribution in [0.15, 0.2) is 18.2 Å². The summed E-state index contributed by atoms with van der Waals surface area (Å²) in [5, 5.41) is 12.5. The number of nitrogens with zero attached hydrogens (tertiary/aromatic N) is 3. The highest BCUT2D eigenvalue weighted by molar-refractivity contribution is 5.91. The van der Waals surface area contributed by atoms with Gasteiger partial charge in [-0.05, 0) is 18.2 Å². The van der Waals surface area contributed by atoms with Crippen LogP contribution in [0.5, 0.6) is 0 Å². The number of hydrogen-bond donors (Lipinski definition) is 2. The lowest BCUT2D eigenvalue weighted by molar-refractivity contribution is 0.122. The van der Waals surface area contributed by atoms with Gasteiger partial charge in [-0.15, -0.1) is 0 Å². The second-order valence-electron chi connectivity index (χ2n) is 5.16. The van der Waals surface area contributed by atoms with Crippen molar-refractivity contribution in [3.05, 3.63) is 23.8 Å². The van der Waals surface area contributed by atoms with E-state index < -0.39 is 0 Å². The number of anilines is 2.